The summed E-state index contributed by atoms with van der Waals surface area (Å²) in [7, 11) is -3.26. The summed E-state index contributed by atoms with van der Waals surface area (Å²) in [5.41, 5.74) is 15.9. The molecule has 28 heavy (non-hydrogen) atoms. The fraction of sp³-hybridized carbons (Fsp3) is 0.368. The van der Waals surface area contributed by atoms with Crippen molar-refractivity contribution in [3.63, 3.8) is 0 Å². The first-order chi connectivity index (χ1) is 13.3. The number of rotatable bonds is 5. The minimum atomic E-state index is -3.26. The van der Waals surface area contributed by atoms with Crippen LogP contribution in [0, 0.1) is 0 Å². The molecule has 0 saturated heterocycles. The van der Waals surface area contributed by atoms with E-state index in [1.807, 2.05) is 24.3 Å². The number of hydrogen-bond acceptors (Lipinski definition) is 6. The lowest BCUT2D eigenvalue weighted by Gasteiger charge is -2.12. The monoisotopic (exact) mass is 400 g/mol. The van der Waals surface area contributed by atoms with Gasteiger partial charge in [-0.3, -0.25) is 0 Å². The Labute approximate surface area is 164 Å². The lowest BCUT2D eigenvalue weighted by molar-refractivity contribution is 0.523. The molecule has 8 nitrogen and oxygen atoms in total. The van der Waals surface area contributed by atoms with Gasteiger partial charge in [-0.1, -0.05) is 18.2 Å². The predicted octanol–water partition coefficient (Wildman–Crippen LogP) is 1.78. The maximum atomic E-state index is 11.4. The lowest BCUT2D eigenvalue weighted by Crippen LogP contribution is -2.21. The number of aromatic nitrogens is 3. The van der Waals surface area contributed by atoms with Crippen molar-refractivity contribution in [2.24, 2.45) is 5.73 Å². The second kappa shape index (κ2) is 7.16. The van der Waals surface area contributed by atoms with Crippen LogP contribution in [0.2, 0.25) is 0 Å². The molecular formula is C19H24N6O2S. The van der Waals surface area contributed by atoms with E-state index in [0.29, 0.717) is 5.82 Å². The topological polar surface area (TPSA) is 129 Å². The largest absolute Gasteiger partial charge is 0.383 e. The number of fused-ring (bicyclic) bond motifs is 1. The van der Waals surface area contributed by atoms with Gasteiger partial charge in [-0.05, 0) is 36.5 Å². The number of anilines is 1. The molecule has 0 amide bonds. The van der Waals surface area contributed by atoms with Gasteiger partial charge in [0.25, 0.3) is 0 Å². The summed E-state index contributed by atoms with van der Waals surface area (Å²) in [6.07, 6.45) is 7.61. The third-order valence-electron chi connectivity index (χ3n) is 5.25. The van der Waals surface area contributed by atoms with Gasteiger partial charge in [0.05, 0.1) is 11.6 Å². The van der Waals surface area contributed by atoms with Crippen molar-refractivity contribution in [1.82, 2.24) is 19.3 Å². The Bertz CT molecular complexity index is 1120. The third kappa shape index (κ3) is 3.73. The molecule has 4 rings (SSSR count). The van der Waals surface area contributed by atoms with Gasteiger partial charge in [0.1, 0.15) is 17.8 Å². The van der Waals surface area contributed by atoms with Gasteiger partial charge in [-0.2, -0.15) is 0 Å². The molecule has 148 valence electrons. The maximum Gasteiger partial charge on any atom is 0.209 e. The SMILES string of the molecule is CS(=O)(=O)NCc1cccc(-c2cn([C@H]3CC[C@H](N)C3)c3ncnc(N)c23)c1. The predicted molar refractivity (Wildman–Crippen MR) is 110 cm³/mol. The Kier molecular flexibility index (Phi) is 4.82. The van der Waals surface area contributed by atoms with Crippen molar-refractivity contribution < 1.29 is 8.42 Å². The summed E-state index contributed by atoms with van der Waals surface area (Å²) in [6, 6.07) is 8.23. The van der Waals surface area contributed by atoms with Gasteiger partial charge in [0.15, 0.2) is 0 Å². The van der Waals surface area contributed by atoms with E-state index in [2.05, 4.69) is 25.5 Å². The van der Waals surface area contributed by atoms with Gasteiger partial charge < -0.3 is 16.0 Å². The third-order valence-corrected chi connectivity index (χ3v) is 5.92. The summed E-state index contributed by atoms with van der Waals surface area (Å²) < 4.78 is 27.5. The number of nitrogens with zero attached hydrogens (tertiary/aromatic N) is 3. The Morgan fingerprint density at radius 2 is 2.11 bits per heavy atom. The van der Waals surface area contributed by atoms with E-state index in [0.717, 1.165) is 53.2 Å². The van der Waals surface area contributed by atoms with Gasteiger partial charge in [-0.15, -0.1) is 0 Å². The first kappa shape index (κ1) is 18.9. The molecule has 1 aliphatic carbocycles. The van der Waals surface area contributed by atoms with Crippen LogP contribution in [0.5, 0.6) is 0 Å². The zero-order valence-corrected chi connectivity index (χ0v) is 16.5. The second-order valence-corrected chi connectivity index (χ2v) is 9.26. The quantitative estimate of drug-likeness (QED) is 0.599. The van der Waals surface area contributed by atoms with E-state index >= 15 is 0 Å². The van der Waals surface area contributed by atoms with Crippen LogP contribution in [0.4, 0.5) is 5.82 Å². The first-order valence-corrected chi connectivity index (χ1v) is 11.1. The van der Waals surface area contributed by atoms with Crippen LogP contribution in [0.25, 0.3) is 22.2 Å². The molecule has 1 saturated carbocycles. The Morgan fingerprint density at radius 3 is 2.82 bits per heavy atom. The molecule has 0 bridgehead atoms. The summed E-state index contributed by atoms with van der Waals surface area (Å²) in [5, 5.41) is 0.816. The molecule has 9 heteroatoms. The van der Waals surface area contributed by atoms with Crippen molar-refractivity contribution in [2.75, 3.05) is 12.0 Å². The molecule has 1 aliphatic rings. The lowest BCUT2D eigenvalue weighted by atomic mass is 10.0. The summed E-state index contributed by atoms with van der Waals surface area (Å²) in [4.78, 5) is 8.66. The normalized spacial score (nSPS) is 20.1. The van der Waals surface area contributed by atoms with E-state index in [9.17, 15) is 8.42 Å². The Balaban J connectivity index is 1.79. The number of sulfonamides is 1. The van der Waals surface area contributed by atoms with Crippen LogP contribution in [-0.2, 0) is 16.6 Å². The van der Waals surface area contributed by atoms with Crippen molar-refractivity contribution >= 4 is 26.9 Å². The first-order valence-electron chi connectivity index (χ1n) is 9.22. The minimum absolute atomic E-state index is 0.204. The fourth-order valence-electron chi connectivity index (χ4n) is 3.91. The van der Waals surface area contributed by atoms with Crippen LogP contribution in [0.3, 0.4) is 0 Å². The zero-order chi connectivity index (χ0) is 19.9. The van der Waals surface area contributed by atoms with Crippen LogP contribution >= 0.6 is 0 Å². The van der Waals surface area contributed by atoms with Gasteiger partial charge in [-0.25, -0.2) is 23.1 Å². The molecule has 1 fully saturated rings. The summed E-state index contributed by atoms with van der Waals surface area (Å²) >= 11 is 0. The average Bonchev–Trinajstić information content (AvgIpc) is 3.24. The number of nitrogen functional groups attached to an aromatic ring is 1. The molecule has 5 N–H and O–H groups in total. The van der Waals surface area contributed by atoms with Gasteiger partial charge in [0.2, 0.25) is 10.0 Å². The molecule has 1 aromatic carbocycles. The van der Waals surface area contributed by atoms with E-state index in [1.165, 1.54) is 6.33 Å². The second-order valence-electron chi connectivity index (χ2n) is 7.43. The molecule has 2 atom stereocenters. The number of benzene rings is 1. The molecule has 3 aromatic rings. The smallest absolute Gasteiger partial charge is 0.209 e. The fourth-order valence-corrected chi connectivity index (χ4v) is 4.34. The summed E-state index contributed by atoms with van der Waals surface area (Å²) in [6.45, 7) is 0.231. The number of hydrogen-bond donors (Lipinski definition) is 3. The van der Waals surface area contributed by atoms with Crippen LogP contribution in [0.1, 0.15) is 30.9 Å². The molecule has 2 aromatic heterocycles. The van der Waals surface area contributed by atoms with E-state index in [-0.39, 0.29) is 18.6 Å². The van der Waals surface area contributed by atoms with Gasteiger partial charge in [0, 0.05) is 30.4 Å². The van der Waals surface area contributed by atoms with Crippen LogP contribution in [0.15, 0.2) is 36.8 Å². The highest BCUT2D eigenvalue weighted by molar-refractivity contribution is 7.88. The highest BCUT2D eigenvalue weighted by atomic mass is 32.2. The summed E-state index contributed by atoms with van der Waals surface area (Å²) in [5.74, 6) is 0.431. The standard InChI is InChI=1S/C19H24N6O2S/c1-28(26,27)24-9-12-3-2-4-13(7-12)16-10-25(15-6-5-14(20)8-15)19-17(16)18(21)22-11-23-19/h2-4,7,10-11,14-15,24H,5-6,8-9,20H2,1H3,(H2,21,22,23)/t14-,15-/m0/s1. The zero-order valence-electron chi connectivity index (χ0n) is 15.7. The van der Waals surface area contributed by atoms with E-state index in [4.69, 9.17) is 11.5 Å². The molecular weight excluding hydrogens is 376 g/mol. The van der Waals surface area contributed by atoms with E-state index < -0.39 is 10.0 Å². The maximum absolute atomic E-state index is 11.4. The molecule has 0 radical (unpaired) electrons. The van der Waals surface area contributed by atoms with Crippen molar-refractivity contribution in [2.45, 2.75) is 37.9 Å². The van der Waals surface area contributed by atoms with Gasteiger partial charge >= 0.3 is 0 Å². The molecule has 0 spiro atoms. The molecule has 0 unspecified atom stereocenters. The van der Waals surface area contributed by atoms with E-state index in [1.54, 1.807) is 0 Å². The van der Waals surface area contributed by atoms with Crippen molar-refractivity contribution in [1.29, 1.82) is 0 Å². The molecule has 0 aliphatic heterocycles. The Morgan fingerprint density at radius 1 is 1.29 bits per heavy atom. The van der Waals surface area contributed by atoms with Crippen molar-refractivity contribution in [3.8, 4) is 11.1 Å². The highest BCUT2D eigenvalue weighted by Gasteiger charge is 2.26. The number of nitrogens with two attached hydrogens (primary N) is 2. The molecule has 2 heterocycles. The highest BCUT2D eigenvalue weighted by Crippen LogP contribution is 2.38. The van der Waals surface area contributed by atoms with Crippen LogP contribution < -0.4 is 16.2 Å². The Hall–Kier alpha value is -2.49. The average molecular weight is 401 g/mol. The van der Waals surface area contributed by atoms with Crippen molar-refractivity contribution in [3.05, 3.63) is 42.4 Å². The number of nitrogens with one attached hydrogen (secondary N) is 1. The van der Waals surface area contributed by atoms with Crippen LogP contribution in [-0.4, -0.2) is 35.3 Å². The minimum Gasteiger partial charge on any atom is -0.383 e.